The Hall–Kier alpha value is -4.02. The molecule has 0 unspecified atom stereocenters. The smallest absolute Gasteiger partial charge is 0.260 e. The summed E-state index contributed by atoms with van der Waals surface area (Å²) in [7, 11) is 0. The summed E-state index contributed by atoms with van der Waals surface area (Å²) in [5.41, 5.74) is 0.204. The molecular weight excluding hydrogens is 377 g/mol. The minimum atomic E-state index is -1.03. The van der Waals surface area contributed by atoms with E-state index in [1.165, 1.54) is 29.2 Å². The Labute approximate surface area is 154 Å². The third kappa shape index (κ3) is 3.45. The maximum atomic E-state index is 13.7. The predicted molar refractivity (Wildman–Crippen MR) is 89.4 cm³/mol. The van der Waals surface area contributed by atoms with E-state index in [9.17, 15) is 18.0 Å². The summed E-state index contributed by atoms with van der Waals surface area (Å²) in [6.07, 6.45) is 4.19. The van der Waals surface area contributed by atoms with Crippen molar-refractivity contribution in [2.24, 2.45) is 0 Å². The van der Waals surface area contributed by atoms with Crippen LogP contribution in [0.3, 0.4) is 0 Å². The number of amides is 1. The van der Waals surface area contributed by atoms with Crippen molar-refractivity contribution in [3.05, 3.63) is 72.3 Å². The van der Waals surface area contributed by atoms with E-state index in [4.69, 9.17) is 4.74 Å². The van der Waals surface area contributed by atoms with Gasteiger partial charge in [0.25, 0.3) is 11.9 Å². The average Bonchev–Trinajstić information content (AvgIpc) is 3.14. The molecule has 1 N–H and O–H groups in total. The van der Waals surface area contributed by atoms with E-state index in [1.807, 2.05) is 0 Å². The molecule has 1 amide bonds. The first-order valence-corrected chi connectivity index (χ1v) is 7.75. The first kappa shape index (κ1) is 17.4. The fraction of sp³-hybridized carbons (Fsp3) is 0. The monoisotopic (exact) mass is 386 g/mol. The summed E-state index contributed by atoms with van der Waals surface area (Å²) in [4.78, 5) is 23.6. The highest BCUT2D eigenvalue weighted by Crippen LogP contribution is 2.26. The molecule has 0 aromatic carbocycles. The van der Waals surface area contributed by atoms with Crippen molar-refractivity contribution >= 4 is 17.4 Å². The Morgan fingerprint density at radius 2 is 1.86 bits per heavy atom. The molecule has 0 aliphatic carbocycles. The first-order chi connectivity index (χ1) is 13.5. The van der Waals surface area contributed by atoms with Crippen LogP contribution in [0, 0.1) is 17.6 Å². The lowest BCUT2D eigenvalue weighted by Gasteiger charge is -2.10. The SMILES string of the molecule is O=C(Nc1ccc(F)cn1)c1cc(Oc2cc(F)cnc2F)cn2ncnc12. The number of hydrogen-bond acceptors (Lipinski definition) is 6. The molecule has 4 aromatic heterocycles. The Bertz CT molecular complexity index is 1180. The average molecular weight is 386 g/mol. The molecule has 0 radical (unpaired) electrons. The zero-order valence-electron chi connectivity index (χ0n) is 13.8. The van der Waals surface area contributed by atoms with E-state index < -0.39 is 29.2 Å². The van der Waals surface area contributed by atoms with Crippen molar-refractivity contribution in [3.63, 3.8) is 0 Å². The van der Waals surface area contributed by atoms with Crippen LogP contribution in [0.1, 0.15) is 10.4 Å². The Kier molecular flexibility index (Phi) is 4.32. The summed E-state index contributed by atoms with van der Waals surface area (Å²) in [6, 6.07) is 4.50. The van der Waals surface area contributed by atoms with Gasteiger partial charge in [0.05, 0.1) is 24.2 Å². The lowest BCUT2D eigenvalue weighted by molar-refractivity contribution is 0.102. The molecule has 0 spiro atoms. The van der Waals surface area contributed by atoms with Crippen LogP contribution in [0.2, 0.25) is 0 Å². The number of nitrogens with one attached hydrogen (secondary N) is 1. The van der Waals surface area contributed by atoms with Gasteiger partial charge in [0.15, 0.2) is 11.4 Å². The van der Waals surface area contributed by atoms with Crippen LogP contribution in [0.15, 0.2) is 49.2 Å². The zero-order chi connectivity index (χ0) is 19.7. The molecule has 28 heavy (non-hydrogen) atoms. The molecular formula is C17H9F3N6O2. The van der Waals surface area contributed by atoms with Crippen molar-refractivity contribution in [3.8, 4) is 11.5 Å². The Morgan fingerprint density at radius 1 is 1.04 bits per heavy atom. The zero-order valence-corrected chi connectivity index (χ0v) is 13.8. The van der Waals surface area contributed by atoms with Crippen molar-refractivity contribution in [2.75, 3.05) is 5.32 Å². The number of carbonyl (C=O) groups excluding carboxylic acids is 1. The normalized spacial score (nSPS) is 10.8. The highest BCUT2D eigenvalue weighted by atomic mass is 19.1. The molecule has 4 heterocycles. The molecule has 0 saturated heterocycles. The van der Waals surface area contributed by atoms with Crippen LogP contribution in [-0.4, -0.2) is 30.5 Å². The van der Waals surface area contributed by atoms with Crippen LogP contribution >= 0.6 is 0 Å². The van der Waals surface area contributed by atoms with Crippen LogP contribution in [0.25, 0.3) is 5.65 Å². The first-order valence-electron chi connectivity index (χ1n) is 7.75. The fourth-order valence-electron chi connectivity index (χ4n) is 2.36. The standard InChI is InChI=1S/C17H9F3N6O2/c18-9-1-2-14(21-5-9)25-17(27)12-4-11(7-26-16(12)23-8-24-26)28-13-3-10(19)6-22-15(13)20/h1-8H,(H,21,25,27). The predicted octanol–water partition coefficient (Wildman–Crippen LogP) is 2.98. The van der Waals surface area contributed by atoms with Gasteiger partial charge in [-0.3, -0.25) is 4.79 Å². The minimum absolute atomic E-state index is 0.0125. The molecule has 0 aliphatic heterocycles. The van der Waals surface area contributed by atoms with Crippen LogP contribution in [-0.2, 0) is 0 Å². The van der Waals surface area contributed by atoms with Gasteiger partial charge in [-0.05, 0) is 18.2 Å². The number of rotatable bonds is 4. The molecule has 8 nitrogen and oxygen atoms in total. The van der Waals surface area contributed by atoms with Gasteiger partial charge in [-0.2, -0.15) is 9.49 Å². The van der Waals surface area contributed by atoms with Crippen LogP contribution in [0.4, 0.5) is 19.0 Å². The van der Waals surface area contributed by atoms with Gasteiger partial charge in [-0.15, -0.1) is 0 Å². The minimum Gasteiger partial charge on any atom is -0.451 e. The maximum absolute atomic E-state index is 13.7. The molecule has 0 bridgehead atoms. The summed E-state index contributed by atoms with van der Waals surface area (Å²) < 4.78 is 46.5. The van der Waals surface area contributed by atoms with E-state index >= 15 is 0 Å². The number of ether oxygens (including phenoxy) is 1. The van der Waals surface area contributed by atoms with Gasteiger partial charge >= 0.3 is 0 Å². The second kappa shape index (κ2) is 6.95. The number of fused-ring (bicyclic) bond motifs is 1. The third-order valence-electron chi connectivity index (χ3n) is 3.57. The molecule has 4 rings (SSSR count). The number of carbonyl (C=O) groups is 1. The number of anilines is 1. The van der Waals surface area contributed by atoms with Gasteiger partial charge in [-0.25, -0.2) is 28.2 Å². The van der Waals surface area contributed by atoms with E-state index in [-0.39, 0.29) is 22.8 Å². The molecule has 0 atom stereocenters. The number of nitrogens with zero attached hydrogens (tertiary/aromatic N) is 5. The lowest BCUT2D eigenvalue weighted by Crippen LogP contribution is -2.15. The number of hydrogen-bond donors (Lipinski definition) is 1. The van der Waals surface area contributed by atoms with E-state index in [1.54, 1.807) is 0 Å². The molecule has 140 valence electrons. The number of pyridine rings is 3. The summed E-state index contributed by atoms with van der Waals surface area (Å²) in [5.74, 6) is -3.39. The van der Waals surface area contributed by atoms with E-state index in [0.717, 1.165) is 18.3 Å². The molecule has 0 fully saturated rings. The second-order valence-corrected chi connectivity index (χ2v) is 5.48. The van der Waals surface area contributed by atoms with Gasteiger partial charge < -0.3 is 10.1 Å². The van der Waals surface area contributed by atoms with Gasteiger partial charge in [-0.1, -0.05) is 0 Å². The maximum Gasteiger partial charge on any atom is 0.260 e. The number of aromatic nitrogens is 5. The topological polar surface area (TPSA) is 94.3 Å². The van der Waals surface area contributed by atoms with Crippen molar-refractivity contribution in [1.82, 2.24) is 24.6 Å². The van der Waals surface area contributed by atoms with Crippen molar-refractivity contribution in [2.45, 2.75) is 0 Å². The van der Waals surface area contributed by atoms with E-state index in [2.05, 4.69) is 25.4 Å². The Balaban J connectivity index is 1.69. The summed E-state index contributed by atoms with van der Waals surface area (Å²) in [5, 5.41) is 6.40. The quantitative estimate of drug-likeness (QED) is 0.542. The van der Waals surface area contributed by atoms with Crippen molar-refractivity contribution in [1.29, 1.82) is 0 Å². The van der Waals surface area contributed by atoms with E-state index in [0.29, 0.717) is 6.20 Å². The number of halogens is 3. The Morgan fingerprint density at radius 3 is 2.64 bits per heavy atom. The molecule has 11 heteroatoms. The summed E-state index contributed by atoms with van der Waals surface area (Å²) >= 11 is 0. The van der Waals surface area contributed by atoms with Gasteiger partial charge in [0.2, 0.25) is 0 Å². The molecule has 4 aromatic rings. The van der Waals surface area contributed by atoms with Gasteiger partial charge in [0.1, 0.15) is 29.5 Å². The summed E-state index contributed by atoms with van der Waals surface area (Å²) in [6.45, 7) is 0. The van der Waals surface area contributed by atoms with Crippen molar-refractivity contribution < 1.29 is 22.7 Å². The van der Waals surface area contributed by atoms with Gasteiger partial charge in [0, 0.05) is 6.07 Å². The second-order valence-electron chi connectivity index (χ2n) is 5.48. The largest absolute Gasteiger partial charge is 0.451 e. The highest BCUT2D eigenvalue weighted by Gasteiger charge is 2.17. The molecule has 0 aliphatic rings. The highest BCUT2D eigenvalue weighted by molar-refractivity contribution is 6.08. The van der Waals surface area contributed by atoms with Crippen LogP contribution < -0.4 is 10.1 Å². The lowest BCUT2D eigenvalue weighted by atomic mass is 10.2. The van der Waals surface area contributed by atoms with Crippen LogP contribution in [0.5, 0.6) is 11.5 Å². The molecule has 0 saturated carbocycles. The third-order valence-corrected chi connectivity index (χ3v) is 3.57. The fourth-order valence-corrected chi connectivity index (χ4v) is 2.36.